The lowest BCUT2D eigenvalue weighted by molar-refractivity contribution is 0.555. The number of aromatic amines is 1. The van der Waals surface area contributed by atoms with E-state index >= 15 is 0 Å². The molecule has 3 rings (SSSR count). The molecule has 1 atom stereocenters. The average molecular weight is 268 g/mol. The molecule has 0 spiro atoms. The Morgan fingerprint density at radius 3 is 2.85 bits per heavy atom. The number of aromatic nitrogens is 1. The minimum absolute atomic E-state index is 0.226. The van der Waals surface area contributed by atoms with E-state index in [9.17, 15) is 4.79 Å². The zero-order valence-electron chi connectivity index (χ0n) is 11.2. The first-order valence-corrected chi connectivity index (χ1v) is 6.65. The Balaban J connectivity index is 2.07. The first kappa shape index (κ1) is 12.7. The Hall–Kier alpha value is -2.33. The van der Waals surface area contributed by atoms with Crippen LogP contribution in [0.3, 0.4) is 0 Å². The van der Waals surface area contributed by atoms with Crippen molar-refractivity contribution in [2.45, 2.75) is 19.4 Å². The van der Waals surface area contributed by atoms with Crippen molar-refractivity contribution in [3.63, 3.8) is 0 Å². The van der Waals surface area contributed by atoms with E-state index in [0.717, 1.165) is 17.5 Å². The van der Waals surface area contributed by atoms with Crippen molar-refractivity contribution in [3.8, 4) is 0 Å². The van der Waals surface area contributed by atoms with Crippen LogP contribution in [0.15, 0.2) is 51.7 Å². The predicted molar refractivity (Wildman–Crippen MR) is 78.7 cm³/mol. The van der Waals surface area contributed by atoms with Crippen LogP contribution in [0, 0.1) is 0 Å². The highest BCUT2D eigenvalue weighted by molar-refractivity contribution is 5.73. The van der Waals surface area contributed by atoms with E-state index in [2.05, 4.69) is 18.0 Å². The van der Waals surface area contributed by atoms with Crippen LogP contribution in [0.1, 0.15) is 29.7 Å². The number of H-pyrrole nitrogens is 1. The molecule has 3 aromatic rings. The van der Waals surface area contributed by atoms with E-state index in [-0.39, 0.29) is 6.04 Å². The number of hydrogen-bond donors (Lipinski definition) is 2. The summed E-state index contributed by atoms with van der Waals surface area (Å²) in [5.41, 5.74) is 10.9. The third-order valence-corrected chi connectivity index (χ3v) is 3.58. The second kappa shape index (κ2) is 4.98. The van der Waals surface area contributed by atoms with E-state index in [1.54, 1.807) is 0 Å². The second-order valence-electron chi connectivity index (χ2n) is 4.80. The van der Waals surface area contributed by atoms with E-state index in [1.807, 2.05) is 36.4 Å². The SMILES string of the molecule is CCc1ccccc1C(N)c1ccc2[nH]c(=O)oc2c1. The van der Waals surface area contributed by atoms with Gasteiger partial charge in [-0.15, -0.1) is 0 Å². The van der Waals surface area contributed by atoms with Crippen molar-refractivity contribution >= 4 is 11.1 Å². The van der Waals surface area contributed by atoms with Gasteiger partial charge in [0.05, 0.1) is 11.6 Å². The monoisotopic (exact) mass is 268 g/mol. The first-order chi connectivity index (χ1) is 9.69. The van der Waals surface area contributed by atoms with Gasteiger partial charge in [0, 0.05) is 0 Å². The average Bonchev–Trinajstić information content (AvgIpc) is 2.85. The highest BCUT2D eigenvalue weighted by Gasteiger charge is 2.13. The Labute approximate surface area is 116 Å². The molecule has 1 unspecified atom stereocenters. The van der Waals surface area contributed by atoms with E-state index in [0.29, 0.717) is 11.1 Å². The van der Waals surface area contributed by atoms with E-state index in [1.165, 1.54) is 5.56 Å². The van der Waals surface area contributed by atoms with Crippen molar-refractivity contribution in [1.29, 1.82) is 0 Å². The van der Waals surface area contributed by atoms with Gasteiger partial charge in [-0.2, -0.15) is 0 Å². The third kappa shape index (κ3) is 2.14. The molecule has 1 aromatic heterocycles. The Bertz CT molecular complexity index is 801. The molecule has 0 aliphatic carbocycles. The van der Waals surface area contributed by atoms with Gasteiger partial charge in [0.1, 0.15) is 0 Å². The predicted octanol–water partition coefficient (Wildman–Crippen LogP) is 2.73. The normalized spacial score (nSPS) is 12.7. The Morgan fingerprint density at radius 1 is 1.25 bits per heavy atom. The highest BCUT2D eigenvalue weighted by atomic mass is 16.4. The van der Waals surface area contributed by atoms with Crippen molar-refractivity contribution < 1.29 is 4.42 Å². The highest BCUT2D eigenvalue weighted by Crippen LogP contribution is 2.25. The van der Waals surface area contributed by atoms with Crippen LogP contribution in [-0.4, -0.2) is 4.98 Å². The second-order valence-corrected chi connectivity index (χ2v) is 4.80. The number of benzene rings is 2. The van der Waals surface area contributed by atoms with Crippen LogP contribution in [0.25, 0.3) is 11.1 Å². The van der Waals surface area contributed by atoms with Gasteiger partial charge < -0.3 is 10.2 Å². The number of oxazole rings is 1. The van der Waals surface area contributed by atoms with Gasteiger partial charge in [-0.05, 0) is 35.2 Å². The standard InChI is InChI=1S/C16H16N2O2/c1-2-10-5-3-4-6-12(10)15(17)11-7-8-13-14(9-11)20-16(19)18-13/h3-9,15H,2,17H2,1H3,(H,18,19). The number of nitrogens with one attached hydrogen (secondary N) is 1. The lowest BCUT2D eigenvalue weighted by Gasteiger charge is -2.16. The summed E-state index contributed by atoms with van der Waals surface area (Å²) >= 11 is 0. The number of fused-ring (bicyclic) bond motifs is 1. The van der Waals surface area contributed by atoms with Gasteiger partial charge >= 0.3 is 5.76 Å². The number of aryl methyl sites for hydroxylation is 1. The summed E-state index contributed by atoms with van der Waals surface area (Å²) < 4.78 is 5.08. The van der Waals surface area contributed by atoms with Crippen LogP contribution in [-0.2, 0) is 6.42 Å². The Morgan fingerprint density at radius 2 is 2.05 bits per heavy atom. The molecule has 102 valence electrons. The van der Waals surface area contributed by atoms with Gasteiger partial charge in [-0.1, -0.05) is 37.3 Å². The van der Waals surface area contributed by atoms with Crippen LogP contribution >= 0.6 is 0 Å². The molecule has 0 radical (unpaired) electrons. The molecule has 0 bridgehead atoms. The molecule has 4 heteroatoms. The molecule has 3 N–H and O–H groups in total. The van der Waals surface area contributed by atoms with Crippen molar-refractivity contribution in [1.82, 2.24) is 4.98 Å². The Kier molecular flexibility index (Phi) is 3.16. The maximum Gasteiger partial charge on any atom is 0.417 e. The van der Waals surface area contributed by atoms with Gasteiger partial charge in [-0.3, -0.25) is 4.98 Å². The minimum atomic E-state index is -0.445. The molecule has 2 aromatic carbocycles. The summed E-state index contributed by atoms with van der Waals surface area (Å²) in [6.45, 7) is 2.11. The van der Waals surface area contributed by atoms with Gasteiger partial charge in [-0.25, -0.2) is 4.79 Å². The summed E-state index contributed by atoms with van der Waals surface area (Å²) in [6.07, 6.45) is 0.936. The molecule has 4 nitrogen and oxygen atoms in total. The van der Waals surface area contributed by atoms with Crippen LogP contribution in [0.5, 0.6) is 0 Å². The quantitative estimate of drug-likeness (QED) is 0.767. The molecular formula is C16H16N2O2. The molecule has 0 aliphatic rings. The smallest absolute Gasteiger partial charge is 0.408 e. The fourth-order valence-electron chi connectivity index (χ4n) is 2.49. The zero-order valence-corrected chi connectivity index (χ0v) is 11.2. The third-order valence-electron chi connectivity index (χ3n) is 3.58. The van der Waals surface area contributed by atoms with Crippen molar-refractivity contribution in [2.75, 3.05) is 0 Å². The summed E-state index contributed by atoms with van der Waals surface area (Å²) in [4.78, 5) is 13.8. The van der Waals surface area contributed by atoms with Crippen LogP contribution < -0.4 is 11.5 Å². The van der Waals surface area contributed by atoms with Gasteiger partial charge in [0.15, 0.2) is 5.58 Å². The molecule has 20 heavy (non-hydrogen) atoms. The van der Waals surface area contributed by atoms with E-state index < -0.39 is 5.76 Å². The molecular weight excluding hydrogens is 252 g/mol. The molecule has 0 saturated heterocycles. The van der Waals surface area contributed by atoms with Gasteiger partial charge in [0.2, 0.25) is 0 Å². The maximum absolute atomic E-state index is 11.2. The first-order valence-electron chi connectivity index (χ1n) is 6.65. The van der Waals surface area contributed by atoms with Crippen molar-refractivity contribution in [2.24, 2.45) is 5.73 Å². The van der Waals surface area contributed by atoms with Crippen LogP contribution in [0.2, 0.25) is 0 Å². The number of nitrogens with two attached hydrogens (primary N) is 1. The maximum atomic E-state index is 11.2. The molecule has 0 amide bonds. The summed E-state index contributed by atoms with van der Waals surface area (Å²) in [5, 5.41) is 0. The fourth-order valence-corrected chi connectivity index (χ4v) is 2.49. The lowest BCUT2D eigenvalue weighted by Crippen LogP contribution is -2.13. The minimum Gasteiger partial charge on any atom is -0.408 e. The summed E-state index contributed by atoms with van der Waals surface area (Å²) in [5.74, 6) is -0.445. The number of hydrogen-bond acceptors (Lipinski definition) is 3. The van der Waals surface area contributed by atoms with Gasteiger partial charge in [0.25, 0.3) is 0 Å². The molecule has 0 fully saturated rings. The summed E-state index contributed by atoms with van der Waals surface area (Å²) in [6, 6.07) is 13.5. The largest absolute Gasteiger partial charge is 0.417 e. The molecule has 0 saturated carbocycles. The van der Waals surface area contributed by atoms with Crippen LogP contribution in [0.4, 0.5) is 0 Å². The summed E-state index contributed by atoms with van der Waals surface area (Å²) in [7, 11) is 0. The number of rotatable bonds is 3. The zero-order chi connectivity index (χ0) is 14.1. The fraction of sp³-hybridized carbons (Fsp3) is 0.188. The topological polar surface area (TPSA) is 72.0 Å². The van der Waals surface area contributed by atoms with E-state index in [4.69, 9.17) is 10.2 Å². The molecule has 1 heterocycles. The lowest BCUT2D eigenvalue weighted by atomic mass is 9.94. The molecule has 0 aliphatic heterocycles. The van der Waals surface area contributed by atoms with Crippen molar-refractivity contribution in [3.05, 3.63) is 69.7 Å².